The highest BCUT2D eigenvalue weighted by molar-refractivity contribution is 5.87. The summed E-state index contributed by atoms with van der Waals surface area (Å²) >= 11 is 0. The van der Waals surface area contributed by atoms with Crippen molar-refractivity contribution in [1.29, 1.82) is 0 Å². The van der Waals surface area contributed by atoms with Gasteiger partial charge in [-0.3, -0.25) is 4.99 Å². The zero-order chi connectivity index (χ0) is 9.31. The van der Waals surface area contributed by atoms with Crippen LogP contribution in [0.15, 0.2) is 28.8 Å². The highest BCUT2D eigenvalue weighted by Gasteiger charge is 2.35. The molecule has 0 amide bonds. The fraction of sp³-hybridized carbons (Fsp3) is 0.545. The van der Waals surface area contributed by atoms with Crippen LogP contribution in [0, 0.1) is 5.41 Å². The number of allylic oxidation sites excluding steroid dienone is 3. The van der Waals surface area contributed by atoms with Gasteiger partial charge in [0.2, 0.25) is 0 Å². The minimum absolute atomic E-state index is 0.0191. The Bertz CT molecular complexity index is 301. The van der Waals surface area contributed by atoms with E-state index in [9.17, 15) is 0 Å². The molecule has 0 fully saturated rings. The summed E-state index contributed by atoms with van der Waals surface area (Å²) in [5, 5.41) is 0. The molecule has 0 aromatic carbocycles. The molecule has 0 aromatic rings. The zero-order valence-electron chi connectivity index (χ0n) is 8.21. The van der Waals surface area contributed by atoms with Crippen molar-refractivity contribution in [1.82, 2.24) is 0 Å². The van der Waals surface area contributed by atoms with Gasteiger partial charge in [-0.15, -0.1) is 0 Å². The predicted molar refractivity (Wildman–Crippen MR) is 53.9 cm³/mol. The van der Waals surface area contributed by atoms with Gasteiger partial charge >= 0.3 is 0 Å². The smallest absolute Gasteiger partial charge is 0.194 e. The molecule has 70 valence electrons. The summed E-state index contributed by atoms with van der Waals surface area (Å²) < 4.78 is 5.54. The Labute approximate surface area is 79.0 Å². The Hall–Kier alpha value is -1.05. The molecule has 1 aliphatic heterocycles. The number of ether oxygens (including phenoxy) is 1. The quantitative estimate of drug-likeness (QED) is 0.602. The van der Waals surface area contributed by atoms with E-state index in [0.29, 0.717) is 0 Å². The molecule has 1 atom stereocenters. The molecular formula is C11H15NO. The minimum atomic E-state index is 0.0191. The Balaban J connectivity index is 2.29. The van der Waals surface area contributed by atoms with E-state index in [1.54, 1.807) is 0 Å². The van der Waals surface area contributed by atoms with Gasteiger partial charge in [-0.05, 0) is 20.3 Å². The van der Waals surface area contributed by atoms with Crippen molar-refractivity contribution >= 4 is 5.90 Å². The third-order valence-corrected chi connectivity index (χ3v) is 2.94. The van der Waals surface area contributed by atoms with E-state index in [4.69, 9.17) is 4.74 Å². The summed E-state index contributed by atoms with van der Waals surface area (Å²) in [6.45, 7) is 5.92. The van der Waals surface area contributed by atoms with Crippen LogP contribution in [0.25, 0.3) is 0 Å². The van der Waals surface area contributed by atoms with E-state index < -0.39 is 0 Å². The average molecular weight is 177 g/mol. The van der Waals surface area contributed by atoms with E-state index in [0.717, 1.165) is 25.5 Å². The molecule has 0 spiro atoms. The summed E-state index contributed by atoms with van der Waals surface area (Å²) in [7, 11) is 0. The van der Waals surface area contributed by atoms with Crippen molar-refractivity contribution in [2.45, 2.75) is 20.3 Å². The number of nitrogens with zero attached hydrogens (tertiary/aromatic N) is 1. The fourth-order valence-electron chi connectivity index (χ4n) is 1.79. The van der Waals surface area contributed by atoms with Crippen LogP contribution in [-0.4, -0.2) is 19.0 Å². The Morgan fingerprint density at radius 3 is 3.00 bits per heavy atom. The van der Waals surface area contributed by atoms with Crippen molar-refractivity contribution in [3.05, 3.63) is 23.8 Å². The second kappa shape index (κ2) is 3.02. The molecule has 1 aliphatic carbocycles. The first-order valence-electron chi connectivity index (χ1n) is 4.75. The summed E-state index contributed by atoms with van der Waals surface area (Å²) in [5.74, 6) is 0.922. The van der Waals surface area contributed by atoms with Crippen molar-refractivity contribution in [3.8, 4) is 0 Å². The van der Waals surface area contributed by atoms with Gasteiger partial charge in [0.05, 0.1) is 12.0 Å². The topological polar surface area (TPSA) is 21.6 Å². The van der Waals surface area contributed by atoms with Crippen LogP contribution in [0.2, 0.25) is 0 Å². The maximum Gasteiger partial charge on any atom is 0.194 e. The van der Waals surface area contributed by atoms with E-state index in [2.05, 4.69) is 37.1 Å². The number of hydrogen-bond acceptors (Lipinski definition) is 2. The van der Waals surface area contributed by atoms with Crippen LogP contribution in [0.3, 0.4) is 0 Å². The fourth-order valence-corrected chi connectivity index (χ4v) is 1.79. The zero-order valence-corrected chi connectivity index (χ0v) is 8.21. The molecule has 2 aliphatic rings. The number of aliphatic imine (C=N–C) groups is 1. The summed E-state index contributed by atoms with van der Waals surface area (Å²) in [5.41, 5.74) is 1.36. The van der Waals surface area contributed by atoms with Crippen LogP contribution in [-0.2, 0) is 4.74 Å². The molecule has 0 N–H and O–H groups in total. The standard InChI is InChI=1S/C11H15NO/c1-9-5-3-4-6-11(9,2)10-12-7-8-13-10/h3-5H,6-8H2,1-2H3. The van der Waals surface area contributed by atoms with Crippen molar-refractivity contribution in [2.24, 2.45) is 10.4 Å². The van der Waals surface area contributed by atoms with Crippen molar-refractivity contribution in [2.75, 3.05) is 13.2 Å². The Morgan fingerprint density at radius 2 is 2.38 bits per heavy atom. The first kappa shape index (κ1) is 8.54. The third-order valence-electron chi connectivity index (χ3n) is 2.94. The van der Waals surface area contributed by atoms with Crippen LogP contribution >= 0.6 is 0 Å². The number of rotatable bonds is 1. The maximum absolute atomic E-state index is 5.54. The first-order chi connectivity index (χ1) is 6.23. The van der Waals surface area contributed by atoms with Gasteiger partial charge < -0.3 is 4.74 Å². The van der Waals surface area contributed by atoms with Crippen LogP contribution in [0.5, 0.6) is 0 Å². The van der Waals surface area contributed by atoms with E-state index in [1.165, 1.54) is 5.57 Å². The lowest BCUT2D eigenvalue weighted by atomic mass is 9.77. The lowest BCUT2D eigenvalue weighted by Crippen LogP contribution is -2.30. The third kappa shape index (κ3) is 1.30. The molecule has 0 radical (unpaired) electrons. The largest absolute Gasteiger partial charge is 0.478 e. The molecule has 0 aromatic heterocycles. The molecule has 1 heterocycles. The van der Waals surface area contributed by atoms with Gasteiger partial charge in [0, 0.05) is 0 Å². The van der Waals surface area contributed by atoms with Crippen LogP contribution < -0.4 is 0 Å². The Kier molecular flexibility index (Phi) is 1.98. The van der Waals surface area contributed by atoms with Crippen LogP contribution in [0.4, 0.5) is 0 Å². The van der Waals surface area contributed by atoms with Crippen LogP contribution in [0.1, 0.15) is 20.3 Å². The maximum atomic E-state index is 5.54. The van der Waals surface area contributed by atoms with Crippen molar-refractivity contribution in [3.63, 3.8) is 0 Å². The molecule has 0 bridgehead atoms. The molecular weight excluding hydrogens is 162 g/mol. The summed E-state index contributed by atoms with van der Waals surface area (Å²) in [6, 6.07) is 0. The molecule has 2 heteroatoms. The van der Waals surface area contributed by atoms with Gasteiger partial charge in [0.15, 0.2) is 5.90 Å². The molecule has 2 nitrogen and oxygen atoms in total. The summed E-state index contributed by atoms with van der Waals surface area (Å²) in [4.78, 5) is 4.40. The van der Waals surface area contributed by atoms with Gasteiger partial charge in [0.25, 0.3) is 0 Å². The molecule has 2 rings (SSSR count). The van der Waals surface area contributed by atoms with E-state index in [1.807, 2.05) is 0 Å². The lowest BCUT2D eigenvalue weighted by molar-refractivity contribution is 0.301. The summed E-state index contributed by atoms with van der Waals surface area (Å²) in [6.07, 6.45) is 7.44. The molecule has 0 saturated heterocycles. The highest BCUT2D eigenvalue weighted by atomic mass is 16.5. The second-order valence-corrected chi connectivity index (χ2v) is 3.85. The predicted octanol–water partition coefficient (Wildman–Crippen LogP) is 2.33. The van der Waals surface area contributed by atoms with Crippen molar-refractivity contribution < 1.29 is 4.74 Å². The SMILES string of the molecule is CC1=CC=CCC1(C)C1=NCCO1. The Morgan fingerprint density at radius 1 is 1.54 bits per heavy atom. The lowest BCUT2D eigenvalue weighted by Gasteiger charge is -2.30. The molecule has 1 unspecified atom stereocenters. The monoisotopic (exact) mass is 177 g/mol. The first-order valence-corrected chi connectivity index (χ1v) is 4.75. The van der Waals surface area contributed by atoms with E-state index in [-0.39, 0.29) is 5.41 Å². The van der Waals surface area contributed by atoms with Gasteiger partial charge in [-0.2, -0.15) is 0 Å². The second-order valence-electron chi connectivity index (χ2n) is 3.85. The minimum Gasteiger partial charge on any atom is -0.478 e. The van der Waals surface area contributed by atoms with Gasteiger partial charge in [0.1, 0.15) is 6.61 Å². The van der Waals surface area contributed by atoms with E-state index >= 15 is 0 Å². The highest BCUT2D eigenvalue weighted by Crippen LogP contribution is 2.36. The normalized spacial score (nSPS) is 32.5. The average Bonchev–Trinajstić information content (AvgIpc) is 2.63. The molecule has 13 heavy (non-hydrogen) atoms. The number of hydrogen-bond donors (Lipinski definition) is 0. The van der Waals surface area contributed by atoms with Gasteiger partial charge in [-0.25, -0.2) is 0 Å². The van der Waals surface area contributed by atoms with Gasteiger partial charge in [-0.1, -0.05) is 23.8 Å². The molecule has 0 saturated carbocycles.